The van der Waals surface area contributed by atoms with E-state index < -0.39 is 18.5 Å². The standard InChI is InChI=1S/C10H12F3NO2/c1-6(14)9(15)7-2-4-8(5-3-7)16-10(11,12)13/h2-6,9,15H,14H2,1H3/t6-,9-/m0/s1. The predicted molar refractivity (Wildman–Crippen MR) is 51.7 cm³/mol. The van der Waals surface area contributed by atoms with Gasteiger partial charge >= 0.3 is 6.36 Å². The minimum absolute atomic E-state index is 0.326. The van der Waals surface area contributed by atoms with Crippen molar-refractivity contribution in [3.63, 3.8) is 0 Å². The first-order valence-corrected chi connectivity index (χ1v) is 4.59. The van der Waals surface area contributed by atoms with E-state index in [9.17, 15) is 18.3 Å². The van der Waals surface area contributed by atoms with Gasteiger partial charge in [0.2, 0.25) is 0 Å². The number of alkyl halides is 3. The number of hydrogen-bond donors (Lipinski definition) is 2. The van der Waals surface area contributed by atoms with Gasteiger partial charge in [-0.05, 0) is 24.6 Å². The Balaban J connectivity index is 2.76. The third-order valence-corrected chi connectivity index (χ3v) is 1.95. The first-order valence-electron chi connectivity index (χ1n) is 4.59. The Morgan fingerprint density at radius 2 is 1.75 bits per heavy atom. The molecule has 3 nitrogen and oxygen atoms in total. The molecular weight excluding hydrogens is 223 g/mol. The average molecular weight is 235 g/mol. The summed E-state index contributed by atoms with van der Waals surface area (Å²) in [6.07, 6.45) is -5.61. The van der Waals surface area contributed by atoms with Crippen molar-refractivity contribution in [2.24, 2.45) is 5.73 Å². The number of ether oxygens (including phenoxy) is 1. The minimum atomic E-state index is -4.71. The molecule has 6 heteroatoms. The lowest BCUT2D eigenvalue weighted by Gasteiger charge is -2.15. The minimum Gasteiger partial charge on any atom is -0.406 e. The Morgan fingerprint density at radius 1 is 1.25 bits per heavy atom. The van der Waals surface area contributed by atoms with E-state index in [4.69, 9.17) is 5.73 Å². The molecule has 0 heterocycles. The quantitative estimate of drug-likeness (QED) is 0.842. The molecule has 1 aromatic carbocycles. The fourth-order valence-electron chi connectivity index (χ4n) is 1.17. The van der Waals surface area contributed by atoms with Crippen LogP contribution in [0.4, 0.5) is 13.2 Å². The van der Waals surface area contributed by atoms with Crippen LogP contribution in [-0.2, 0) is 0 Å². The zero-order valence-electron chi connectivity index (χ0n) is 8.53. The highest BCUT2D eigenvalue weighted by Crippen LogP contribution is 2.24. The molecule has 0 bridgehead atoms. The Morgan fingerprint density at radius 3 is 2.12 bits per heavy atom. The van der Waals surface area contributed by atoms with Gasteiger partial charge in [-0.3, -0.25) is 0 Å². The molecule has 0 spiro atoms. The first-order chi connectivity index (χ1) is 7.29. The Labute approximate surface area is 90.6 Å². The van der Waals surface area contributed by atoms with Crippen LogP contribution in [0.2, 0.25) is 0 Å². The van der Waals surface area contributed by atoms with Crippen LogP contribution in [0.1, 0.15) is 18.6 Å². The van der Waals surface area contributed by atoms with E-state index in [2.05, 4.69) is 4.74 Å². The second-order valence-corrected chi connectivity index (χ2v) is 3.42. The van der Waals surface area contributed by atoms with Crippen LogP contribution in [-0.4, -0.2) is 17.5 Å². The average Bonchev–Trinajstić information content (AvgIpc) is 2.15. The van der Waals surface area contributed by atoms with Gasteiger partial charge in [0.05, 0.1) is 6.10 Å². The smallest absolute Gasteiger partial charge is 0.406 e. The summed E-state index contributed by atoms with van der Waals surface area (Å²) in [5.41, 5.74) is 5.90. The molecule has 1 aromatic rings. The molecule has 0 radical (unpaired) electrons. The van der Waals surface area contributed by atoms with E-state index in [1.165, 1.54) is 12.1 Å². The Hall–Kier alpha value is -1.27. The van der Waals surface area contributed by atoms with Crippen molar-refractivity contribution in [1.82, 2.24) is 0 Å². The van der Waals surface area contributed by atoms with E-state index in [0.29, 0.717) is 5.56 Å². The molecule has 0 aliphatic heterocycles. The molecule has 0 saturated carbocycles. The highest BCUT2D eigenvalue weighted by atomic mass is 19.4. The molecule has 0 amide bonds. The number of hydrogen-bond acceptors (Lipinski definition) is 3. The van der Waals surface area contributed by atoms with Gasteiger partial charge in [-0.2, -0.15) is 0 Å². The van der Waals surface area contributed by atoms with Crippen LogP contribution in [0.5, 0.6) is 5.75 Å². The molecule has 0 aliphatic carbocycles. The third-order valence-electron chi connectivity index (χ3n) is 1.95. The molecule has 0 fully saturated rings. The van der Waals surface area contributed by atoms with Crippen LogP contribution in [0.15, 0.2) is 24.3 Å². The maximum absolute atomic E-state index is 11.8. The van der Waals surface area contributed by atoms with Gasteiger partial charge in [-0.25, -0.2) is 0 Å². The molecule has 0 aromatic heterocycles. The summed E-state index contributed by atoms with van der Waals surface area (Å²) in [5, 5.41) is 9.53. The third kappa shape index (κ3) is 3.71. The van der Waals surface area contributed by atoms with E-state index in [0.717, 1.165) is 12.1 Å². The fraction of sp³-hybridized carbons (Fsp3) is 0.400. The van der Waals surface area contributed by atoms with Crippen molar-refractivity contribution in [2.75, 3.05) is 0 Å². The summed E-state index contributed by atoms with van der Waals surface area (Å²) in [7, 11) is 0. The molecule has 1 rings (SSSR count). The van der Waals surface area contributed by atoms with Crippen molar-refractivity contribution < 1.29 is 23.0 Å². The van der Waals surface area contributed by atoms with E-state index in [1.807, 2.05) is 0 Å². The van der Waals surface area contributed by atoms with Crippen LogP contribution >= 0.6 is 0 Å². The SMILES string of the molecule is C[C@H](N)[C@H](O)c1ccc(OC(F)(F)F)cc1. The molecule has 16 heavy (non-hydrogen) atoms. The number of rotatable bonds is 3. The van der Waals surface area contributed by atoms with Crippen molar-refractivity contribution in [3.8, 4) is 5.75 Å². The van der Waals surface area contributed by atoms with Crippen molar-refractivity contribution in [2.45, 2.75) is 25.4 Å². The van der Waals surface area contributed by atoms with Gasteiger partial charge < -0.3 is 15.6 Å². The summed E-state index contributed by atoms with van der Waals surface area (Å²) in [4.78, 5) is 0. The molecule has 0 aliphatic rings. The molecule has 3 N–H and O–H groups in total. The normalized spacial score (nSPS) is 15.6. The van der Waals surface area contributed by atoms with E-state index in [-0.39, 0.29) is 5.75 Å². The van der Waals surface area contributed by atoms with Crippen LogP contribution in [0.3, 0.4) is 0 Å². The lowest BCUT2D eigenvalue weighted by molar-refractivity contribution is -0.274. The predicted octanol–water partition coefficient (Wildman–Crippen LogP) is 1.97. The summed E-state index contributed by atoms with van der Waals surface area (Å²) >= 11 is 0. The Kier molecular flexibility index (Phi) is 3.77. The maximum Gasteiger partial charge on any atom is 0.573 e. The molecular formula is C10H12F3NO2. The maximum atomic E-state index is 11.8. The molecule has 2 atom stereocenters. The van der Waals surface area contributed by atoms with Gasteiger partial charge in [-0.15, -0.1) is 13.2 Å². The van der Waals surface area contributed by atoms with Gasteiger partial charge in [-0.1, -0.05) is 12.1 Å². The number of nitrogens with two attached hydrogens (primary N) is 1. The van der Waals surface area contributed by atoms with Crippen molar-refractivity contribution in [1.29, 1.82) is 0 Å². The summed E-state index contributed by atoms with van der Waals surface area (Å²) in [6.45, 7) is 1.60. The number of benzene rings is 1. The van der Waals surface area contributed by atoms with Crippen LogP contribution in [0.25, 0.3) is 0 Å². The highest BCUT2D eigenvalue weighted by Gasteiger charge is 2.31. The van der Waals surface area contributed by atoms with Gasteiger partial charge in [0.25, 0.3) is 0 Å². The summed E-state index contributed by atoms with van der Waals surface area (Å²) < 4.78 is 39.2. The number of aliphatic hydroxyl groups excluding tert-OH is 1. The van der Waals surface area contributed by atoms with Gasteiger partial charge in [0.15, 0.2) is 0 Å². The lowest BCUT2D eigenvalue weighted by atomic mass is 10.0. The van der Waals surface area contributed by atoms with E-state index in [1.54, 1.807) is 6.92 Å². The van der Waals surface area contributed by atoms with Crippen LogP contribution in [0, 0.1) is 0 Å². The number of halogens is 3. The zero-order chi connectivity index (χ0) is 12.3. The number of aliphatic hydroxyl groups is 1. The van der Waals surface area contributed by atoms with Crippen molar-refractivity contribution in [3.05, 3.63) is 29.8 Å². The topological polar surface area (TPSA) is 55.5 Å². The molecule has 0 unspecified atom stereocenters. The second-order valence-electron chi connectivity index (χ2n) is 3.42. The van der Waals surface area contributed by atoms with Crippen LogP contribution < -0.4 is 10.5 Å². The monoisotopic (exact) mass is 235 g/mol. The zero-order valence-corrected chi connectivity index (χ0v) is 8.53. The van der Waals surface area contributed by atoms with E-state index >= 15 is 0 Å². The summed E-state index contributed by atoms with van der Waals surface area (Å²) in [6, 6.07) is 4.46. The fourth-order valence-corrected chi connectivity index (χ4v) is 1.17. The lowest BCUT2D eigenvalue weighted by Crippen LogP contribution is -2.24. The second kappa shape index (κ2) is 4.71. The molecule has 90 valence electrons. The Bertz CT molecular complexity index is 335. The molecule has 0 saturated heterocycles. The van der Waals surface area contributed by atoms with Gasteiger partial charge in [0, 0.05) is 6.04 Å². The summed E-state index contributed by atoms with van der Waals surface area (Å²) in [5.74, 6) is -0.326. The van der Waals surface area contributed by atoms with Crippen molar-refractivity contribution >= 4 is 0 Å². The highest BCUT2D eigenvalue weighted by molar-refractivity contribution is 5.29. The first kappa shape index (κ1) is 12.8. The largest absolute Gasteiger partial charge is 0.573 e. The van der Waals surface area contributed by atoms with Gasteiger partial charge in [0.1, 0.15) is 5.75 Å².